The summed E-state index contributed by atoms with van der Waals surface area (Å²) in [6.07, 6.45) is 6.57. The molecule has 1 aliphatic heterocycles. The summed E-state index contributed by atoms with van der Waals surface area (Å²) in [5.74, 6) is 1.40. The molecule has 7 rings (SSSR count). The van der Waals surface area contributed by atoms with Crippen molar-refractivity contribution in [3.8, 4) is 28.3 Å². The molecular formula is C26H25N7O2. The molecule has 2 saturated carbocycles. The second-order valence-corrected chi connectivity index (χ2v) is 9.82. The van der Waals surface area contributed by atoms with Crippen LogP contribution in [0.2, 0.25) is 0 Å². The zero-order valence-electron chi connectivity index (χ0n) is 19.4. The highest BCUT2D eigenvalue weighted by atomic mass is 16.5. The van der Waals surface area contributed by atoms with Crippen molar-refractivity contribution in [1.29, 1.82) is 0 Å². The van der Waals surface area contributed by atoms with Gasteiger partial charge in [-0.2, -0.15) is 5.10 Å². The number of nitrogens with zero attached hydrogens (tertiary/aromatic N) is 5. The van der Waals surface area contributed by atoms with Gasteiger partial charge in [-0.15, -0.1) is 0 Å². The third-order valence-corrected chi connectivity index (χ3v) is 7.27. The number of fused-ring (bicyclic) bond motifs is 2. The van der Waals surface area contributed by atoms with Crippen molar-refractivity contribution in [3.05, 3.63) is 48.9 Å². The number of ether oxygens (including phenoxy) is 1. The van der Waals surface area contributed by atoms with Crippen LogP contribution >= 0.6 is 0 Å². The van der Waals surface area contributed by atoms with Crippen LogP contribution in [0.3, 0.4) is 0 Å². The fraction of sp³-hybridized carbons (Fsp3) is 0.346. The molecule has 0 bridgehead atoms. The van der Waals surface area contributed by atoms with E-state index in [1.807, 2.05) is 49.6 Å². The molecule has 3 fully saturated rings. The van der Waals surface area contributed by atoms with Crippen molar-refractivity contribution in [2.75, 3.05) is 18.4 Å². The van der Waals surface area contributed by atoms with E-state index in [1.54, 1.807) is 4.68 Å². The van der Waals surface area contributed by atoms with Gasteiger partial charge in [-0.05, 0) is 31.7 Å². The Balaban J connectivity index is 1.35. The molecule has 1 aromatic carbocycles. The highest BCUT2D eigenvalue weighted by Gasteiger charge is 2.62. The summed E-state index contributed by atoms with van der Waals surface area (Å²) >= 11 is 0. The molecule has 4 aromatic rings. The Hall–Kier alpha value is -3.85. The molecule has 4 heterocycles. The van der Waals surface area contributed by atoms with E-state index >= 15 is 0 Å². The summed E-state index contributed by atoms with van der Waals surface area (Å²) in [6.45, 7) is 1.60. The lowest BCUT2D eigenvalue weighted by atomic mass is 10.0. The van der Waals surface area contributed by atoms with Gasteiger partial charge in [-0.1, -0.05) is 30.3 Å². The van der Waals surface area contributed by atoms with E-state index in [4.69, 9.17) is 14.8 Å². The van der Waals surface area contributed by atoms with E-state index in [9.17, 15) is 4.79 Å². The van der Waals surface area contributed by atoms with E-state index in [1.165, 1.54) is 6.33 Å². The smallest absolute Gasteiger partial charge is 0.233 e. The third-order valence-electron chi connectivity index (χ3n) is 7.27. The Morgan fingerprint density at radius 1 is 1.20 bits per heavy atom. The predicted octanol–water partition coefficient (Wildman–Crippen LogP) is 3.18. The second-order valence-electron chi connectivity index (χ2n) is 9.82. The summed E-state index contributed by atoms with van der Waals surface area (Å²) in [5, 5.41) is 11.1. The van der Waals surface area contributed by atoms with Crippen LogP contribution in [0.1, 0.15) is 19.3 Å². The fourth-order valence-corrected chi connectivity index (χ4v) is 5.11. The van der Waals surface area contributed by atoms with Gasteiger partial charge in [0.1, 0.15) is 23.2 Å². The maximum Gasteiger partial charge on any atom is 0.233 e. The number of carbonyl (C=O) groups is 1. The first-order valence-electron chi connectivity index (χ1n) is 12.0. The van der Waals surface area contributed by atoms with Crippen molar-refractivity contribution in [2.45, 2.75) is 25.4 Å². The normalized spacial score (nSPS) is 22.7. The molecule has 0 spiro atoms. The van der Waals surface area contributed by atoms with Gasteiger partial charge < -0.3 is 15.4 Å². The molecule has 2 atom stereocenters. The number of aryl methyl sites for hydroxylation is 1. The first kappa shape index (κ1) is 20.5. The number of aromatic nitrogens is 5. The van der Waals surface area contributed by atoms with Gasteiger partial charge in [0.05, 0.1) is 17.0 Å². The van der Waals surface area contributed by atoms with Gasteiger partial charge in [-0.3, -0.25) is 9.48 Å². The average Bonchev–Trinajstić information content (AvgIpc) is 3.75. The monoisotopic (exact) mass is 467 g/mol. The Morgan fingerprint density at radius 2 is 2.06 bits per heavy atom. The summed E-state index contributed by atoms with van der Waals surface area (Å²) < 4.78 is 7.92. The van der Waals surface area contributed by atoms with Crippen LogP contribution in [0, 0.1) is 11.3 Å². The number of amides is 1. The first-order valence-corrected chi connectivity index (χ1v) is 12.0. The van der Waals surface area contributed by atoms with Gasteiger partial charge in [0, 0.05) is 37.0 Å². The molecule has 35 heavy (non-hydrogen) atoms. The third kappa shape index (κ3) is 3.46. The topological polar surface area (TPSA) is 107 Å². The Bertz CT molecular complexity index is 1460. The van der Waals surface area contributed by atoms with Crippen molar-refractivity contribution in [2.24, 2.45) is 18.4 Å². The van der Waals surface area contributed by atoms with Crippen LogP contribution in [0.4, 0.5) is 5.82 Å². The number of carbonyl (C=O) groups excluding carboxylic acids is 1. The molecule has 0 radical (unpaired) electrons. The molecule has 3 aliphatic rings. The molecule has 2 N–H and O–H groups in total. The zero-order chi connectivity index (χ0) is 23.6. The van der Waals surface area contributed by atoms with Crippen molar-refractivity contribution >= 4 is 22.8 Å². The highest BCUT2D eigenvalue weighted by Crippen LogP contribution is 2.55. The van der Waals surface area contributed by atoms with E-state index in [0.29, 0.717) is 40.8 Å². The van der Waals surface area contributed by atoms with Crippen molar-refractivity contribution in [1.82, 2.24) is 30.0 Å². The maximum absolute atomic E-state index is 13.3. The van der Waals surface area contributed by atoms with Crippen LogP contribution in [0.15, 0.2) is 48.9 Å². The number of hydrogen-bond donors (Lipinski definition) is 2. The molecule has 9 nitrogen and oxygen atoms in total. The van der Waals surface area contributed by atoms with Gasteiger partial charge in [0.15, 0.2) is 11.6 Å². The van der Waals surface area contributed by atoms with Gasteiger partial charge in [0.25, 0.3) is 0 Å². The van der Waals surface area contributed by atoms with E-state index < -0.39 is 0 Å². The first-order chi connectivity index (χ1) is 17.1. The van der Waals surface area contributed by atoms with E-state index in [0.717, 1.165) is 42.6 Å². The molecule has 1 saturated heterocycles. The lowest BCUT2D eigenvalue weighted by Gasteiger charge is -2.16. The van der Waals surface area contributed by atoms with Crippen LogP contribution in [0.5, 0.6) is 5.75 Å². The number of anilines is 1. The molecular weight excluding hydrogens is 442 g/mol. The Labute approximate surface area is 202 Å². The van der Waals surface area contributed by atoms with Crippen LogP contribution < -0.4 is 15.4 Å². The van der Waals surface area contributed by atoms with Gasteiger partial charge >= 0.3 is 0 Å². The summed E-state index contributed by atoms with van der Waals surface area (Å²) in [7, 11) is 1.89. The molecule has 2 aliphatic carbocycles. The lowest BCUT2D eigenvalue weighted by molar-refractivity contribution is -0.121. The SMILES string of the molecule is Cn1cc(-c2ncnc3cc(OC4CC4)c(NC(=O)[C@]45CNC[C@H]4C5)nc23)c(-c2ccccc2)n1. The summed E-state index contributed by atoms with van der Waals surface area (Å²) in [4.78, 5) is 27.3. The second kappa shape index (κ2) is 7.58. The number of benzene rings is 1. The molecule has 0 unspecified atom stereocenters. The average molecular weight is 468 g/mol. The van der Waals surface area contributed by atoms with Crippen LogP contribution in [0.25, 0.3) is 33.5 Å². The Kier molecular flexibility index (Phi) is 4.44. The molecule has 176 valence electrons. The van der Waals surface area contributed by atoms with E-state index in [2.05, 4.69) is 20.6 Å². The lowest BCUT2D eigenvalue weighted by Crippen LogP contribution is -2.30. The number of nitrogens with one attached hydrogen (secondary N) is 2. The zero-order valence-corrected chi connectivity index (χ0v) is 19.4. The van der Waals surface area contributed by atoms with Crippen LogP contribution in [-0.2, 0) is 11.8 Å². The minimum absolute atomic E-state index is 0.00440. The minimum Gasteiger partial charge on any atom is -0.486 e. The minimum atomic E-state index is -0.326. The van der Waals surface area contributed by atoms with Crippen molar-refractivity contribution in [3.63, 3.8) is 0 Å². The number of hydrogen-bond acceptors (Lipinski definition) is 7. The number of pyridine rings is 1. The summed E-state index contributed by atoms with van der Waals surface area (Å²) in [5.41, 5.74) is 4.27. The molecule has 1 amide bonds. The van der Waals surface area contributed by atoms with Crippen LogP contribution in [-0.4, -0.2) is 49.8 Å². The standard InChI is InChI=1S/C26H25N7O2/c1-33-12-18(21(32-33)15-5-3-2-4-6-15)22-23-19(28-14-29-22)9-20(35-17-7-8-17)24(30-23)31-25(34)26-10-16(26)11-27-13-26/h2-6,9,12,14,16-17,27H,7-8,10-11,13H2,1H3,(H,30,31,34)/t16-,26-/m1/s1. The van der Waals surface area contributed by atoms with E-state index in [-0.39, 0.29) is 17.4 Å². The Morgan fingerprint density at radius 3 is 2.80 bits per heavy atom. The van der Waals surface area contributed by atoms with Gasteiger partial charge in [0.2, 0.25) is 5.91 Å². The van der Waals surface area contributed by atoms with Crippen molar-refractivity contribution < 1.29 is 9.53 Å². The largest absolute Gasteiger partial charge is 0.486 e. The predicted molar refractivity (Wildman–Crippen MR) is 131 cm³/mol. The molecule has 9 heteroatoms. The summed E-state index contributed by atoms with van der Waals surface area (Å²) in [6, 6.07) is 11.9. The maximum atomic E-state index is 13.3. The molecule has 3 aromatic heterocycles. The fourth-order valence-electron chi connectivity index (χ4n) is 5.11. The number of rotatable bonds is 6. The number of piperidine rings is 1. The van der Waals surface area contributed by atoms with Gasteiger partial charge in [-0.25, -0.2) is 15.0 Å². The quantitative estimate of drug-likeness (QED) is 0.449. The highest BCUT2D eigenvalue weighted by molar-refractivity contribution is 6.01.